The molecule has 0 spiro atoms. The van der Waals surface area contributed by atoms with Crippen LogP contribution in [0.15, 0.2) is 30.5 Å². The first-order valence-corrected chi connectivity index (χ1v) is 7.70. The van der Waals surface area contributed by atoms with Crippen LogP contribution in [0.2, 0.25) is 0 Å². The van der Waals surface area contributed by atoms with Crippen molar-refractivity contribution in [1.82, 2.24) is 14.8 Å². The predicted octanol–water partition coefficient (Wildman–Crippen LogP) is 1.85. The fourth-order valence-electron chi connectivity index (χ4n) is 3.90. The van der Waals surface area contributed by atoms with Crippen molar-refractivity contribution in [2.24, 2.45) is 0 Å². The molecule has 0 unspecified atom stereocenters. The van der Waals surface area contributed by atoms with Crippen molar-refractivity contribution in [3.8, 4) is 0 Å². The van der Waals surface area contributed by atoms with Gasteiger partial charge in [0.25, 0.3) is 5.91 Å². The number of nitrogens with zero attached hydrogens (tertiary/aromatic N) is 2. The van der Waals surface area contributed by atoms with Gasteiger partial charge < -0.3 is 14.8 Å². The van der Waals surface area contributed by atoms with Crippen LogP contribution in [0.5, 0.6) is 0 Å². The van der Waals surface area contributed by atoms with Gasteiger partial charge in [-0.1, -0.05) is 18.2 Å². The SMILES string of the molecule is CN1C(=O)[C@@H]2CCCN2C(=O)[C@@]1(C)c1c[nH]c2ccccc12. The Labute approximate surface area is 128 Å². The highest BCUT2D eigenvalue weighted by Crippen LogP contribution is 2.40. The molecule has 2 aromatic rings. The molecule has 2 atom stereocenters. The molecule has 2 amide bonds. The Morgan fingerprint density at radius 1 is 1.27 bits per heavy atom. The van der Waals surface area contributed by atoms with Crippen molar-refractivity contribution in [2.45, 2.75) is 31.3 Å². The summed E-state index contributed by atoms with van der Waals surface area (Å²) < 4.78 is 0. The molecule has 5 nitrogen and oxygen atoms in total. The summed E-state index contributed by atoms with van der Waals surface area (Å²) in [6, 6.07) is 7.62. The summed E-state index contributed by atoms with van der Waals surface area (Å²) in [5, 5.41) is 0.996. The number of para-hydroxylation sites is 1. The third-order valence-corrected chi connectivity index (χ3v) is 5.33. The Bertz CT molecular complexity index is 781. The molecule has 2 fully saturated rings. The Kier molecular flexibility index (Phi) is 2.64. The van der Waals surface area contributed by atoms with E-state index in [0.29, 0.717) is 6.54 Å². The second-order valence-corrected chi connectivity index (χ2v) is 6.37. The summed E-state index contributed by atoms with van der Waals surface area (Å²) in [5.41, 5.74) is 0.905. The minimum atomic E-state index is -0.947. The van der Waals surface area contributed by atoms with E-state index >= 15 is 0 Å². The molecule has 2 saturated heterocycles. The van der Waals surface area contributed by atoms with E-state index < -0.39 is 5.54 Å². The minimum Gasteiger partial charge on any atom is -0.361 e. The second kappa shape index (κ2) is 4.35. The number of hydrogen-bond donors (Lipinski definition) is 1. The number of piperazine rings is 1. The number of carbonyl (C=O) groups is 2. The highest BCUT2D eigenvalue weighted by molar-refractivity contribution is 6.03. The number of hydrogen-bond acceptors (Lipinski definition) is 2. The van der Waals surface area contributed by atoms with Gasteiger partial charge in [0, 0.05) is 36.3 Å². The average Bonchev–Trinajstić information content (AvgIpc) is 3.17. The van der Waals surface area contributed by atoms with Gasteiger partial charge in [-0.25, -0.2) is 0 Å². The van der Waals surface area contributed by atoms with Gasteiger partial charge >= 0.3 is 0 Å². The van der Waals surface area contributed by atoms with Crippen molar-refractivity contribution in [3.63, 3.8) is 0 Å². The number of fused-ring (bicyclic) bond motifs is 2. The molecule has 0 bridgehead atoms. The topological polar surface area (TPSA) is 56.4 Å². The number of H-pyrrole nitrogens is 1. The Hall–Kier alpha value is -2.30. The molecule has 2 aliphatic rings. The fraction of sp³-hybridized carbons (Fsp3) is 0.412. The maximum absolute atomic E-state index is 13.1. The molecule has 2 aliphatic heterocycles. The monoisotopic (exact) mass is 297 g/mol. The van der Waals surface area contributed by atoms with Crippen LogP contribution in [0.3, 0.4) is 0 Å². The van der Waals surface area contributed by atoms with E-state index in [0.717, 1.165) is 29.3 Å². The Morgan fingerprint density at radius 2 is 2.05 bits per heavy atom. The number of benzene rings is 1. The van der Waals surface area contributed by atoms with Crippen LogP contribution in [0.4, 0.5) is 0 Å². The third-order valence-electron chi connectivity index (χ3n) is 5.33. The summed E-state index contributed by atoms with van der Waals surface area (Å²) in [7, 11) is 1.75. The number of aromatic nitrogens is 1. The molecular formula is C17H19N3O2. The number of carbonyl (C=O) groups excluding carboxylic acids is 2. The zero-order valence-corrected chi connectivity index (χ0v) is 12.8. The van der Waals surface area contributed by atoms with E-state index in [4.69, 9.17) is 0 Å². The normalized spacial score (nSPS) is 28.5. The van der Waals surface area contributed by atoms with Gasteiger partial charge in [0.1, 0.15) is 11.6 Å². The minimum absolute atomic E-state index is 0.0295. The van der Waals surface area contributed by atoms with Crippen LogP contribution in [-0.4, -0.2) is 46.2 Å². The lowest BCUT2D eigenvalue weighted by molar-refractivity contribution is -0.166. The fourth-order valence-corrected chi connectivity index (χ4v) is 3.90. The van der Waals surface area contributed by atoms with Crippen molar-refractivity contribution in [3.05, 3.63) is 36.0 Å². The number of nitrogens with one attached hydrogen (secondary N) is 1. The average molecular weight is 297 g/mol. The molecule has 0 radical (unpaired) electrons. The van der Waals surface area contributed by atoms with E-state index in [-0.39, 0.29) is 17.9 Å². The van der Waals surface area contributed by atoms with Crippen LogP contribution >= 0.6 is 0 Å². The van der Waals surface area contributed by atoms with Crippen molar-refractivity contribution in [1.29, 1.82) is 0 Å². The van der Waals surface area contributed by atoms with Crippen molar-refractivity contribution >= 4 is 22.7 Å². The molecule has 0 saturated carbocycles. The van der Waals surface area contributed by atoms with Crippen LogP contribution in [0, 0.1) is 0 Å². The van der Waals surface area contributed by atoms with Gasteiger partial charge in [-0.2, -0.15) is 0 Å². The second-order valence-electron chi connectivity index (χ2n) is 6.37. The molecule has 1 aromatic heterocycles. The zero-order chi connectivity index (χ0) is 15.5. The molecular weight excluding hydrogens is 278 g/mol. The molecule has 1 N–H and O–H groups in total. The quantitative estimate of drug-likeness (QED) is 0.873. The van der Waals surface area contributed by atoms with Crippen molar-refractivity contribution in [2.75, 3.05) is 13.6 Å². The Morgan fingerprint density at radius 3 is 2.86 bits per heavy atom. The smallest absolute Gasteiger partial charge is 0.253 e. The highest BCUT2D eigenvalue weighted by Gasteiger charge is 2.54. The van der Waals surface area contributed by atoms with E-state index in [1.807, 2.05) is 37.4 Å². The van der Waals surface area contributed by atoms with E-state index in [2.05, 4.69) is 4.98 Å². The molecule has 1 aromatic carbocycles. The van der Waals surface area contributed by atoms with Gasteiger partial charge in [0.15, 0.2) is 0 Å². The van der Waals surface area contributed by atoms with Crippen LogP contribution < -0.4 is 0 Å². The maximum Gasteiger partial charge on any atom is 0.253 e. The summed E-state index contributed by atoms with van der Waals surface area (Å²) in [4.78, 5) is 32.5. The van der Waals surface area contributed by atoms with E-state index in [1.54, 1.807) is 16.8 Å². The molecule has 5 heteroatoms. The first-order chi connectivity index (χ1) is 10.5. The van der Waals surface area contributed by atoms with Gasteiger partial charge in [-0.15, -0.1) is 0 Å². The summed E-state index contributed by atoms with van der Waals surface area (Å²) in [6.07, 6.45) is 3.54. The number of rotatable bonds is 1. The Balaban J connectivity index is 1.91. The highest BCUT2D eigenvalue weighted by atomic mass is 16.2. The number of amides is 2. The van der Waals surface area contributed by atoms with E-state index in [1.165, 1.54) is 0 Å². The molecule has 22 heavy (non-hydrogen) atoms. The molecule has 3 heterocycles. The van der Waals surface area contributed by atoms with E-state index in [9.17, 15) is 9.59 Å². The van der Waals surface area contributed by atoms with Gasteiger partial charge in [0.2, 0.25) is 5.91 Å². The zero-order valence-electron chi connectivity index (χ0n) is 12.8. The standard InChI is InChI=1S/C17H19N3O2/c1-17(12-10-18-13-7-4-3-6-11(12)13)16(22)20-9-5-8-14(20)15(21)19(17)2/h3-4,6-7,10,14,18H,5,8-9H2,1-2H3/t14-,17+/m0/s1. The van der Waals surface area contributed by atoms with Crippen molar-refractivity contribution < 1.29 is 9.59 Å². The lowest BCUT2D eigenvalue weighted by atomic mass is 9.85. The summed E-state index contributed by atoms with van der Waals surface area (Å²) in [6.45, 7) is 2.54. The summed E-state index contributed by atoms with van der Waals surface area (Å²) >= 11 is 0. The first-order valence-electron chi connectivity index (χ1n) is 7.70. The lowest BCUT2D eigenvalue weighted by Crippen LogP contribution is -2.66. The van der Waals surface area contributed by atoms with Crippen LogP contribution in [0.25, 0.3) is 10.9 Å². The summed E-state index contributed by atoms with van der Waals surface area (Å²) in [5.74, 6) is 0.0757. The van der Waals surface area contributed by atoms with Gasteiger partial charge in [-0.3, -0.25) is 9.59 Å². The molecule has 0 aliphatic carbocycles. The van der Waals surface area contributed by atoms with Gasteiger partial charge in [-0.05, 0) is 25.8 Å². The third kappa shape index (κ3) is 1.48. The first kappa shape index (κ1) is 13.4. The number of likely N-dealkylation sites (N-methyl/N-ethyl adjacent to an activating group) is 1. The molecule has 4 rings (SSSR count). The molecule has 114 valence electrons. The lowest BCUT2D eigenvalue weighted by Gasteiger charge is -2.47. The van der Waals surface area contributed by atoms with Crippen LogP contribution in [-0.2, 0) is 15.1 Å². The number of aromatic amines is 1. The van der Waals surface area contributed by atoms with Gasteiger partial charge in [0.05, 0.1) is 0 Å². The van der Waals surface area contributed by atoms with Crippen LogP contribution in [0.1, 0.15) is 25.3 Å². The maximum atomic E-state index is 13.1. The predicted molar refractivity (Wildman–Crippen MR) is 83.2 cm³/mol. The largest absolute Gasteiger partial charge is 0.361 e.